The van der Waals surface area contributed by atoms with Crippen molar-refractivity contribution in [1.29, 1.82) is 0 Å². The maximum atomic E-state index is 11.2. The largest absolute Gasteiger partial charge is 0.349 e. The lowest BCUT2D eigenvalue weighted by Crippen LogP contribution is -2.26. The lowest BCUT2D eigenvalue weighted by molar-refractivity contribution is 0.0938. The van der Waals surface area contributed by atoms with E-state index in [1.807, 2.05) is 0 Å². The minimum atomic E-state index is -0.283. The number of hydrogen-bond acceptors (Lipinski definition) is 4. The van der Waals surface area contributed by atoms with Crippen molar-refractivity contribution in [2.75, 3.05) is 6.54 Å². The second-order valence-corrected chi connectivity index (χ2v) is 3.19. The highest BCUT2D eigenvalue weighted by Crippen LogP contribution is 1.96. The quantitative estimate of drug-likeness (QED) is 0.751. The van der Waals surface area contributed by atoms with Crippen LogP contribution in [0, 0.1) is 5.92 Å². The van der Waals surface area contributed by atoms with Crippen molar-refractivity contribution in [2.24, 2.45) is 5.92 Å². The molecule has 5 heteroatoms. The number of hydrogen-bond donors (Lipinski definition) is 1. The summed E-state index contributed by atoms with van der Waals surface area (Å²) in [6, 6.07) is 0. The van der Waals surface area contributed by atoms with Crippen LogP contribution in [0.3, 0.4) is 0 Å². The Morgan fingerprint density at radius 1 is 1.69 bits per heavy atom. The molecular formula is C8H13N3O2. The van der Waals surface area contributed by atoms with Gasteiger partial charge in [-0.25, -0.2) is 0 Å². The maximum Gasteiger partial charge on any atom is 0.292 e. The van der Waals surface area contributed by atoms with E-state index in [1.165, 1.54) is 0 Å². The molecule has 0 aliphatic rings. The van der Waals surface area contributed by atoms with Crippen molar-refractivity contribution < 1.29 is 9.32 Å². The highest BCUT2D eigenvalue weighted by molar-refractivity contribution is 5.89. The Hall–Kier alpha value is -1.39. The molecule has 0 aromatic carbocycles. The summed E-state index contributed by atoms with van der Waals surface area (Å²) < 4.78 is 4.44. The molecule has 0 fully saturated rings. The van der Waals surface area contributed by atoms with Crippen molar-refractivity contribution in [3.63, 3.8) is 0 Å². The molecule has 0 bridgehead atoms. The van der Waals surface area contributed by atoms with Crippen LogP contribution in [0.2, 0.25) is 0 Å². The second kappa shape index (κ2) is 4.59. The summed E-state index contributed by atoms with van der Waals surface area (Å²) in [6.07, 6.45) is 2.08. The summed E-state index contributed by atoms with van der Waals surface area (Å²) in [5, 5.41) is 6.11. The van der Waals surface area contributed by atoms with E-state index in [0.717, 1.165) is 12.8 Å². The molecule has 1 aromatic heterocycles. The predicted molar refractivity (Wildman–Crippen MR) is 46.1 cm³/mol. The lowest BCUT2D eigenvalue weighted by atomic mass is 10.1. The van der Waals surface area contributed by atoms with Gasteiger partial charge in [-0.1, -0.05) is 19.0 Å². The average molecular weight is 183 g/mol. The molecule has 0 spiro atoms. The number of carbonyl (C=O) groups is 1. The molecule has 0 unspecified atom stereocenters. The Balaban J connectivity index is 2.27. The van der Waals surface area contributed by atoms with Crippen LogP contribution in [0.15, 0.2) is 10.9 Å². The highest BCUT2D eigenvalue weighted by Gasteiger charge is 2.09. The summed E-state index contributed by atoms with van der Waals surface area (Å²) in [4.78, 5) is 14.8. The van der Waals surface area contributed by atoms with Crippen LogP contribution in [0.25, 0.3) is 0 Å². The normalized spacial score (nSPS) is 10.4. The summed E-state index contributed by atoms with van der Waals surface area (Å²) in [7, 11) is 0. The topological polar surface area (TPSA) is 68.0 Å². The fourth-order valence-electron chi connectivity index (χ4n) is 0.824. The molecule has 0 aliphatic heterocycles. The molecule has 1 N–H and O–H groups in total. The van der Waals surface area contributed by atoms with Gasteiger partial charge in [-0.05, 0) is 12.3 Å². The summed E-state index contributed by atoms with van der Waals surface area (Å²) in [5.74, 6) is 0.378. The van der Waals surface area contributed by atoms with E-state index in [9.17, 15) is 4.79 Å². The van der Waals surface area contributed by atoms with Gasteiger partial charge in [0.15, 0.2) is 0 Å². The Labute approximate surface area is 76.5 Å². The first-order valence-electron chi connectivity index (χ1n) is 4.24. The predicted octanol–water partition coefficient (Wildman–Crippen LogP) is 0.845. The summed E-state index contributed by atoms with van der Waals surface area (Å²) in [5.41, 5.74) is 0. The van der Waals surface area contributed by atoms with E-state index in [2.05, 4.69) is 33.8 Å². The zero-order chi connectivity index (χ0) is 9.68. The van der Waals surface area contributed by atoms with Crippen molar-refractivity contribution in [3.05, 3.63) is 12.2 Å². The molecule has 13 heavy (non-hydrogen) atoms. The summed E-state index contributed by atoms with van der Waals surface area (Å²) in [6.45, 7) is 4.84. The zero-order valence-electron chi connectivity index (χ0n) is 7.78. The van der Waals surface area contributed by atoms with Gasteiger partial charge in [0.2, 0.25) is 6.39 Å². The van der Waals surface area contributed by atoms with Crippen molar-refractivity contribution in [3.8, 4) is 0 Å². The number of amides is 1. The van der Waals surface area contributed by atoms with Gasteiger partial charge in [-0.3, -0.25) is 4.79 Å². The maximum absolute atomic E-state index is 11.2. The number of aromatic nitrogens is 2. The van der Waals surface area contributed by atoms with Crippen LogP contribution in [0.5, 0.6) is 0 Å². The first-order chi connectivity index (χ1) is 6.20. The van der Waals surface area contributed by atoms with Gasteiger partial charge in [0.05, 0.1) is 0 Å². The highest BCUT2D eigenvalue weighted by atomic mass is 16.5. The van der Waals surface area contributed by atoms with Gasteiger partial charge < -0.3 is 9.84 Å². The first kappa shape index (κ1) is 9.70. The third-order valence-corrected chi connectivity index (χ3v) is 1.57. The van der Waals surface area contributed by atoms with Crippen LogP contribution < -0.4 is 5.32 Å². The second-order valence-electron chi connectivity index (χ2n) is 3.19. The van der Waals surface area contributed by atoms with E-state index < -0.39 is 0 Å². The number of carbonyl (C=O) groups excluding carboxylic acids is 1. The molecule has 0 atom stereocenters. The zero-order valence-corrected chi connectivity index (χ0v) is 7.78. The fourth-order valence-corrected chi connectivity index (χ4v) is 0.824. The molecule has 0 saturated heterocycles. The molecule has 1 heterocycles. The average Bonchev–Trinajstić information content (AvgIpc) is 2.55. The number of nitrogens with zero attached hydrogens (tertiary/aromatic N) is 2. The van der Waals surface area contributed by atoms with E-state index in [4.69, 9.17) is 0 Å². The third-order valence-electron chi connectivity index (χ3n) is 1.57. The van der Waals surface area contributed by atoms with Gasteiger partial charge in [0.25, 0.3) is 11.7 Å². The van der Waals surface area contributed by atoms with Gasteiger partial charge in [0.1, 0.15) is 0 Å². The van der Waals surface area contributed by atoms with Crippen LogP contribution in [0.4, 0.5) is 0 Å². The fraction of sp³-hybridized carbons (Fsp3) is 0.625. The monoisotopic (exact) mass is 183 g/mol. The molecule has 0 radical (unpaired) electrons. The molecule has 1 aromatic rings. The molecule has 0 aliphatic carbocycles. The Morgan fingerprint density at radius 2 is 2.46 bits per heavy atom. The third kappa shape index (κ3) is 3.23. The smallest absolute Gasteiger partial charge is 0.292 e. The lowest BCUT2D eigenvalue weighted by Gasteiger charge is -2.04. The SMILES string of the molecule is CC(C)CCNC(=O)c1ncon1. The van der Waals surface area contributed by atoms with E-state index in [1.54, 1.807) is 0 Å². The van der Waals surface area contributed by atoms with Crippen LogP contribution >= 0.6 is 0 Å². The van der Waals surface area contributed by atoms with Crippen LogP contribution in [-0.4, -0.2) is 22.6 Å². The Bertz CT molecular complexity index is 256. The van der Waals surface area contributed by atoms with Gasteiger partial charge >= 0.3 is 0 Å². The van der Waals surface area contributed by atoms with Crippen LogP contribution in [0.1, 0.15) is 30.9 Å². The Morgan fingerprint density at radius 3 is 3.00 bits per heavy atom. The van der Waals surface area contributed by atoms with Gasteiger partial charge in [-0.15, -0.1) is 0 Å². The van der Waals surface area contributed by atoms with E-state index in [-0.39, 0.29) is 11.7 Å². The van der Waals surface area contributed by atoms with Crippen molar-refractivity contribution >= 4 is 5.91 Å². The van der Waals surface area contributed by atoms with Gasteiger partial charge in [0, 0.05) is 6.54 Å². The molecule has 1 rings (SSSR count). The number of rotatable bonds is 4. The molecule has 72 valence electrons. The standard InChI is InChI=1S/C8H13N3O2/c1-6(2)3-4-9-8(12)7-10-5-13-11-7/h5-6H,3-4H2,1-2H3,(H,9,12). The molecular weight excluding hydrogens is 170 g/mol. The van der Waals surface area contributed by atoms with Crippen LogP contribution in [-0.2, 0) is 0 Å². The van der Waals surface area contributed by atoms with E-state index >= 15 is 0 Å². The van der Waals surface area contributed by atoms with Crippen molar-refractivity contribution in [1.82, 2.24) is 15.5 Å². The molecule has 1 amide bonds. The summed E-state index contributed by atoms with van der Waals surface area (Å²) >= 11 is 0. The number of nitrogens with one attached hydrogen (secondary N) is 1. The molecule has 0 saturated carbocycles. The van der Waals surface area contributed by atoms with Crippen molar-refractivity contribution in [2.45, 2.75) is 20.3 Å². The minimum absolute atomic E-state index is 0.0868. The molecule has 5 nitrogen and oxygen atoms in total. The first-order valence-corrected chi connectivity index (χ1v) is 4.24. The van der Waals surface area contributed by atoms with E-state index in [0.29, 0.717) is 12.5 Å². The minimum Gasteiger partial charge on any atom is -0.349 e. The van der Waals surface area contributed by atoms with Gasteiger partial charge in [-0.2, -0.15) is 4.98 Å². The Kier molecular flexibility index (Phi) is 3.42.